The van der Waals surface area contributed by atoms with E-state index in [4.69, 9.17) is 0 Å². The summed E-state index contributed by atoms with van der Waals surface area (Å²) in [6.07, 6.45) is 0.531. The first-order valence-corrected chi connectivity index (χ1v) is 4.55. The molecule has 0 amide bonds. The van der Waals surface area contributed by atoms with E-state index in [0.717, 1.165) is 5.56 Å². The van der Waals surface area contributed by atoms with Gasteiger partial charge in [-0.05, 0) is 38.1 Å². The van der Waals surface area contributed by atoms with Crippen molar-refractivity contribution in [3.63, 3.8) is 0 Å². The summed E-state index contributed by atoms with van der Waals surface area (Å²) in [7, 11) is 1.73. The van der Waals surface area contributed by atoms with Crippen LogP contribution in [0.1, 0.15) is 12.5 Å². The number of benzene rings is 1. The molecule has 0 aliphatic carbocycles. The number of Topliss-reactive ketones (excluding diaryl/α,β-unsaturated/α-hetero) is 1. The molecule has 0 unspecified atom stereocenters. The van der Waals surface area contributed by atoms with Crippen LogP contribution in [0.15, 0.2) is 24.3 Å². The minimum Gasteiger partial charge on any atom is -0.310 e. The van der Waals surface area contributed by atoms with Crippen molar-refractivity contribution in [2.45, 2.75) is 19.4 Å². The van der Waals surface area contributed by atoms with Gasteiger partial charge in [-0.2, -0.15) is 0 Å². The first-order chi connectivity index (χ1) is 6.63. The Bertz CT molecular complexity index is 325. The molecule has 1 aromatic carbocycles. The SMILES string of the molecule is CN[C@@H](Cc1cccc(F)c1)C(C)=O. The van der Waals surface area contributed by atoms with Crippen molar-refractivity contribution in [2.24, 2.45) is 0 Å². The van der Waals surface area contributed by atoms with Gasteiger partial charge in [0.1, 0.15) is 11.6 Å². The smallest absolute Gasteiger partial charge is 0.147 e. The molecular weight excluding hydrogens is 181 g/mol. The monoisotopic (exact) mass is 195 g/mol. The maximum atomic E-state index is 12.8. The third-order valence-corrected chi connectivity index (χ3v) is 2.17. The predicted molar refractivity (Wildman–Crippen MR) is 53.6 cm³/mol. The van der Waals surface area contributed by atoms with Gasteiger partial charge in [-0.3, -0.25) is 4.79 Å². The normalized spacial score (nSPS) is 12.5. The average Bonchev–Trinajstić information content (AvgIpc) is 2.14. The number of hydrogen-bond acceptors (Lipinski definition) is 2. The quantitative estimate of drug-likeness (QED) is 0.789. The van der Waals surface area contributed by atoms with Gasteiger partial charge >= 0.3 is 0 Å². The van der Waals surface area contributed by atoms with Crippen LogP contribution in [0.5, 0.6) is 0 Å². The number of rotatable bonds is 4. The second-order valence-corrected chi connectivity index (χ2v) is 3.29. The Hall–Kier alpha value is -1.22. The summed E-state index contributed by atoms with van der Waals surface area (Å²) in [4.78, 5) is 11.1. The molecule has 3 heteroatoms. The Morgan fingerprint density at radius 2 is 2.29 bits per heavy atom. The molecule has 76 valence electrons. The highest BCUT2D eigenvalue weighted by Gasteiger charge is 2.11. The molecule has 1 rings (SSSR count). The Kier molecular flexibility index (Phi) is 3.77. The van der Waals surface area contributed by atoms with E-state index in [2.05, 4.69) is 5.32 Å². The van der Waals surface area contributed by atoms with Crippen molar-refractivity contribution in [2.75, 3.05) is 7.05 Å². The minimum atomic E-state index is -0.263. The first kappa shape index (κ1) is 10.9. The lowest BCUT2D eigenvalue weighted by atomic mass is 10.0. The zero-order valence-electron chi connectivity index (χ0n) is 8.38. The van der Waals surface area contributed by atoms with Crippen LogP contribution in [-0.2, 0) is 11.2 Å². The number of likely N-dealkylation sites (N-methyl/N-ethyl adjacent to an activating group) is 1. The van der Waals surface area contributed by atoms with Crippen molar-refractivity contribution >= 4 is 5.78 Å². The van der Waals surface area contributed by atoms with E-state index < -0.39 is 0 Å². The molecule has 0 aliphatic heterocycles. The minimum absolute atomic E-state index is 0.0664. The molecule has 0 radical (unpaired) electrons. The predicted octanol–water partition coefficient (Wildman–Crippen LogP) is 1.55. The van der Waals surface area contributed by atoms with Crippen LogP contribution in [0.4, 0.5) is 4.39 Å². The molecule has 0 aliphatic rings. The van der Waals surface area contributed by atoms with Gasteiger partial charge in [0.25, 0.3) is 0 Å². The van der Waals surface area contributed by atoms with E-state index in [1.54, 1.807) is 13.1 Å². The molecule has 0 fully saturated rings. The maximum Gasteiger partial charge on any atom is 0.147 e. The van der Waals surface area contributed by atoms with Gasteiger partial charge < -0.3 is 5.32 Å². The van der Waals surface area contributed by atoms with Gasteiger partial charge in [0, 0.05) is 0 Å². The zero-order valence-corrected chi connectivity index (χ0v) is 8.38. The van der Waals surface area contributed by atoms with Crippen LogP contribution in [0, 0.1) is 5.82 Å². The van der Waals surface area contributed by atoms with Crippen molar-refractivity contribution in [1.29, 1.82) is 0 Å². The Morgan fingerprint density at radius 1 is 1.57 bits per heavy atom. The Morgan fingerprint density at radius 3 is 2.79 bits per heavy atom. The molecule has 2 nitrogen and oxygen atoms in total. The van der Waals surface area contributed by atoms with Crippen molar-refractivity contribution in [3.8, 4) is 0 Å². The lowest BCUT2D eigenvalue weighted by Crippen LogP contribution is -2.34. The summed E-state index contributed by atoms with van der Waals surface area (Å²) in [5, 5.41) is 2.90. The highest BCUT2D eigenvalue weighted by Crippen LogP contribution is 2.06. The van der Waals surface area contributed by atoms with Crippen molar-refractivity contribution < 1.29 is 9.18 Å². The molecule has 0 heterocycles. The second kappa shape index (κ2) is 4.86. The summed E-state index contributed by atoms with van der Waals surface area (Å²) in [6.45, 7) is 1.53. The van der Waals surface area contributed by atoms with Crippen LogP contribution in [0.3, 0.4) is 0 Å². The fraction of sp³-hybridized carbons (Fsp3) is 0.364. The zero-order chi connectivity index (χ0) is 10.6. The first-order valence-electron chi connectivity index (χ1n) is 4.55. The van der Waals surface area contributed by atoms with E-state index >= 15 is 0 Å². The molecule has 0 saturated heterocycles. The van der Waals surface area contributed by atoms with Gasteiger partial charge in [-0.25, -0.2) is 4.39 Å². The highest BCUT2D eigenvalue weighted by molar-refractivity contribution is 5.81. The van der Waals surface area contributed by atoms with Crippen molar-refractivity contribution in [1.82, 2.24) is 5.32 Å². The number of hydrogen-bond donors (Lipinski definition) is 1. The van der Waals surface area contributed by atoms with Gasteiger partial charge in [0.05, 0.1) is 6.04 Å². The molecule has 1 N–H and O–H groups in total. The molecular formula is C11H14FNO. The van der Waals surface area contributed by atoms with Gasteiger partial charge in [0.2, 0.25) is 0 Å². The number of halogens is 1. The third-order valence-electron chi connectivity index (χ3n) is 2.17. The van der Waals surface area contributed by atoms with Gasteiger partial charge in [-0.1, -0.05) is 12.1 Å². The van der Waals surface area contributed by atoms with Crippen LogP contribution < -0.4 is 5.32 Å². The summed E-state index contributed by atoms with van der Waals surface area (Å²) < 4.78 is 12.8. The van der Waals surface area contributed by atoms with Crippen molar-refractivity contribution in [3.05, 3.63) is 35.6 Å². The van der Waals surface area contributed by atoms with E-state index in [-0.39, 0.29) is 17.6 Å². The maximum absolute atomic E-state index is 12.8. The second-order valence-electron chi connectivity index (χ2n) is 3.29. The van der Waals surface area contributed by atoms with Crippen LogP contribution >= 0.6 is 0 Å². The molecule has 0 aromatic heterocycles. The molecule has 0 spiro atoms. The van der Waals surface area contributed by atoms with E-state index in [1.165, 1.54) is 19.1 Å². The molecule has 0 bridgehead atoms. The fourth-order valence-electron chi connectivity index (χ4n) is 1.35. The van der Waals surface area contributed by atoms with E-state index in [0.29, 0.717) is 6.42 Å². The molecule has 1 atom stereocenters. The van der Waals surface area contributed by atoms with Crippen LogP contribution in [0.25, 0.3) is 0 Å². The molecule has 0 saturated carbocycles. The number of nitrogens with one attached hydrogen (secondary N) is 1. The van der Waals surface area contributed by atoms with Gasteiger partial charge in [0.15, 0.2) is 0 Å². The van der Waals surface area contributed by atoms with Gasteiger partial charge in [-0.15, -0.1) is 0 Å². The molecule has 14 heavy (non-hydrogen) atoms. The van der Waals surface area contributed by atoms with Crippen LogP contribution in [0.2, 0.25) is 0 Å². The Balaban J connectivity index is 2.72. The topological polar surface area (TPSA) is 29.1 Å². The highest BCUT2D eigenvalue weighted by atomic mass is 19.1. The number of carbonyl (C=O) groups excluding carboxylic acids is 1. The summed E-state index contributed by atoms with van der Waals surface area (Å²) in [5.41, 5.74) is 0.833. The summed E-state index contributed by atoms with van der Waals surface area (Å²) in [5.74, 6) is -0.197. The average molecular weight is 195 g/mol. The summed E-state index contributed by atoms with van der Waals surface area (Å²) >= 11 is 0. The van der Waals surface area contributed by atoms with Crippen LogP contribution in [-0.4, -0.2) is 18.9 Å². The van der Waals surface area contributed by atoms with E-state index in [1.807, 2.05) is 6.07 Å². The lowest BCUT2D eigenvalue weighted by molar-refractivity contribution is -0.118. The fourth-order valence-corrected chi connectivity index (χ4v) is 1.35. The van der Waals surface area contributed by atoms with E-state index in [9.17, 15) is 9.18 Å². The lowest BCUT2D eigenvalue weighted by Gasteiger charge is -2.12. The number of carbonyl (C=O) groups is 1. The largest absolute Gasteiger partial charge is 0.310 e. The molecule has 1 aromatic rings. The summed E-state index contributed by atoms with van der Waals surface area (Å²) in [6, 6.07) is 6.09. The Labute approximate surface area is 83.1 Å². The number of ketones is 1. The third kappa shape index (κ3) is 2.92. The standard InChI is InChI=1S/C11H14FNO/c1-8(14)11(13-2)7-9-4-3-5-10(12)6-9/h3-6,11,13H,7H2,1-2H3/t11-/m0/s1.